The number of nitrogens with one attached hydrogen (secondary N) is 1. The highest BCUT2D eigenvalue weighted by Crippen LogP contribution is 2.39. The fourth-order valence-electron chi connectivity index (χ4n) is 2.82. The molecule has 0 saturated carbocycles. The normalized spacial score (nSPS) is 35.1. The fourth-order valence-corrected chi connectivity index (χ4v) is 3.34. The molecule has 0 unspecified atom stereocenters. The number of fused-ring (bicyclic) bond motifs is 2. The van der Waals surface area contributed by atoms with Crippen LogP contribution in [-0.4, -0.2) is 17.1 Å². The number of hydrogen-bond acceptors (Lipinski definition) is 2. The largest absolute Gasteiger partial charge is 0.311 e. The van der Waals surface area contributed by atoms with E-state index in [1.54, 1.807) is 0 Å². The molecule has 74 valence electrons. The highest BCUT2D eigenvalue weighted by molar-refractivity contribution is 14.1. The van der Waals surface area contributed by atoms with Gasteiger partial charge in [0.05, 0.1) is 0 Å². The van der Waals surface area contributed by atoms with Gasteiger partial charge in [-0.25, -0.2) is 0 Å². The van der Waals surface area contributed by atoms with Crippen LogP contribution < -0.4 is 5.32 Å². The molecule has 0 aromatic carbocycles. The average Bonchev–Trinajstić information content (AvgIpc) is 2.78. The lowest BCUT2D eigenvalue weighted by molar-refractivity contribution is 0.505. The number of pyridine rings is 1. The van der Waals surface area contributed by atoms with Crippen LogP contribution in [0.1, 0.15) is 30.7 Å². The van der Waals surface area contributed by atoms with E-state index in [9.17, 15) is 0 Å². The predicted octanol–water partition coefficient (Wildman–Crippen LogP) is 2.29. The molecule has 2 fully saturated rings. The minimum atomic E-state index is 0.718. The zero-order valence-electron chi connectivity index (χ0n) is 7.91. The smallest absolute Gasteiger partial charge is 0.0401 e. The third-order valence-electron chi connectivity index (χ3n) is 3.45. The zero-order valence-corrected chi connectivity index (χ0v) is 10.1. The Morgan fingerprint density at radius 2 is 2.29 bits per heavy atom. The molecular formula is C11H13IN2. The van der Waals surface area contributed by atoms with Crippen molar-refractivity contribution in [1.29, 1.82) is 0 Å². The summed E-state index contributed by atoms with van der Waals surface area (Å²) in [6.45, 7) is 0. The number of nitrogens with zero attached hydrogens (tertiary/aromatic N) is 1. The van der Waals surface area contributed by atoms with Gasteiger partial charge < -0.3 is 5.32 Å². The Morgan fingerprint density at radius 1 is 1.36 bits per heavy atom. The second kappa shape index (κ2) is 3.45. The Kier molecular flexibility index (Phi) is 2.24. The molecule has 2 bridgehead atoms. The molecule has 3 atom stereocenters. The van der Waals surface area contributed by atoms with Crippen molar-refractivity contribution in [3.63, 3.8) is 0 Å². The van der Waals surface area contributed by atoms with Crippen molar-refractivity contribution in [3.8, 4) is 0 Å². The van der Waals surface area contributed by atoms with Crippen molar-refractivity contribution in [2.45, 2.75) is 37.3 Å². The van der Waals surface area contributed by atoms with Crippen LogP contribution in [0.4, 0.5) is 0 Å². The first-order valence-electron chi connectivity index (χ1n) is 5.19. The molecule has 3 heteroatoms. The number of halogens is 1. The molecular weight excluding hydrogens is 287 g/mol. The molecule has 3 rings (SSSR count). The van der Waals surface area contributed by atoms with Crippen LogP contribution in [0.5, 0.6) is 0 Å². The average molecular weight is 300 g/mol. The maximum absolute atomic E-state index is 4.28. The molecule has 0 aliphatic carbocycles. The second-order valence-corrected chi connectivity index (χ2v) is 5.57. The van der Waals surface area contributed by atoms with E-state index in [4.69, 9.17) is 0 Å². The Labute approximate surface area is 97.6 Å². The van der Waals surface area contributed by atoms with Crippen LogP contribution in [0.15, 0.2) is 18.5 Å². The van der Waals surface area contributed by atoms with Crippen molar-refractivity contribution >= 4 is 22.6 Å². The summed E-state index contributed by atoms with van der Waals surface area (Å²) in [7, 11) is 0. The molecule has 3 heterocycles. The maximum atomic E-state index is 4.28. The third kappa shape index (κ3) is 1.46. The fraction of sp³-hybridized carbons (Fsp3) is 0.545. The van der Waals surface area contributed by atoms with Crippen LogP contribution in [0.3, 0.4) is 0 Å². The van der Waals surface area contributed by atoms with Crippen molar-refractivity contribution in [1.82, 2.24) is 10.3 Å². The summed E-state index contributed by atoms with van der Waals surface area (Å²) in [6.07, 6.45) is 7.99. The first-order valence-corrected chi connectivity index (χ1v) is 6.27. The number of hydrogen-bond donors (Lipinski definition) is 1. The van der Waals surface area contributed by atoms with Crippen LogP contribution in [0.25, 0.3) is 0 Å². The summed E-state index contributed by atoms with van der Waals surface area (Å²) in [5.74, 6) is 0.718. The van der Waals surface area contributed by atoms with Crippen LogP contribution in [-0.2, 0) is 0 Å². The minimum absolute atomic E-state index is 0.718. The maximum Gasteiger partial charge on any atom is 0.0401 e. The standard InChI is InChI=1S/C11H13IN2/c12-8-3-7(5-13-6-8)10-4-9-1-2-11(10)14-9/h3,5-6,9-11,14H,1-2,4H2/t9-,10-,11-/m1/s1. The summed E-state index contributed by atoms with van der Waals surface area (Å²) < 4.78 is 1.25. The van der Waals surface area contributed by atoms with Crippen molar-refractivity contribution in [2.75, 3.05) is 0 Å². The predicted molar refractivity (Wildman–Crippen MR) is 64.3 cm³/mol. The highest BCUT2D eigenvalue weighted by atomic mass is 127. The molecule has 0 amide bonds. The minimum Gasteiger partial charge on any atom is -0.311 e. The molecule has 14 heavy (non-hydrogen) atoms. The summed E-state index contributed by atoms with van der Waals surface area (Å²) in [5, 5.41) is 3.67. The zero-order chi connectivity index (χ0) is 9.54. The van der Waals surface area contributed by atoms with Gasteiger partial charge in [0.1, 0.15) is 0 Å². The van der Waals surface area contributed by atoms with Crippen LogP contribution >= 0.6 is 22.6 Å². The lowest BCUT2D eigenvalue weighted by Gasteiger charge is -2.20. The highest BCUT2D eigenvalue weighted by Gasteiger charge is 2.39. The first kappa shape index (κ1) is 9.09. The van der Waals surface area contributed by atoms with Crippen molar-refractivity contribution in [3.05, 3.63) is 27.6 Å². The van der Waals surface area contributed by atoms with Crippen LogP contribution in [0.2, 0.25) is 0 Å². The lowest BCUT2D eigenvalue weighted by Crippen LogP contribution is -2.21. The van der Waals surface area contributed by atoms with Gasteiger partial charge >= 0.3 is 0 Å². The third-order valence-corrected chi connectivity index (χ3v) is 4.04. The van der Waals surface area contributed by atoms with E-state index in [0.717, 1.165) is 18.0 Å². The second-order valence-electron chi connectivity index (χ2n) is 4.33. The monoisotopic (exact) mass is 300 g/mol. The van der Waals surface area contributed by atoms with E-state index in [2.05, 4.69) is 39.0 Å². The Balaban J connectivity index is 1.89. The van der Waals surface area contributed by atoms with Gasteiger partial charge in [0.15, 0.2) is 0 Å². The topological polar surface area (TPSA) is 24.9 Å². The van der Waals surface area contributed by atoms with Crippen LogP contribution in [0, 0.1) is 3.57 Å². The van der Waals surface area contributed by atoms with Gasteiger partial charge in [0, 0.05) is 34.0 Å². The van der Waals surface area contributed by atoms with E-state index in [1.165, 1.54) is 28.4 Å². The van der Waals surface area contributed by atoms with E-state index in [1.807, 2.05) is 12.4 Å². The molecule has 2 saturated heterocycles. The molecule has 2 nitrogen and oxygen atoms in total. The molecule has 1 aromatic rings. The number of rotatable bonds is 1. The summed E-state index contributed by atoms with van der Waals surface area (Å²) in [4.78, 5) is 4.28. The van der Waals surface area contributed by atoms with Gasteiger partial charge in [-0.15, -0.1) is 0 Å². The van der Waals surface area contributed by atoms with Gasteiger partial charge in [0.2, 0.25) is 0 Å². The number of aromatic nitrogens is 1. The van der Waals surface area contributed by atoms with Crippen molar-refractivity contribution < 1.29 is 0 Å². The Hall–Kier alpha value is -0.160. The molecule has 2 aliphatic rings. The molecule has 1 aromatic heterocycles. The quantitative estimate of drug-likeness (QED) is 0.805. The Morgan fingerprint density at radius 3 is 2.93 bits per heavy atom. The molecule has 1 N–H and O–H groups in total. The van der Waals surface area contributed by atoms with Gasteiger partial charge in [0.25, 0.3) is 0 Å². The first-order chi connectivity index (χ1) is 6.83. The molecule has 0 spiro atoms. The van der Waals surface area contributed by atoms with Gasteiger partial charge in [-0.05, 0) is 53.5 Å². The molecule has 0 radical (unpaired) electrons. The Bertz CT molecular complexity index is 353. The van der Waals surface area contributed by atoms with Crippen molar-refractivity contribution in [2.24, 2.45) is 0 Å². The van der Waals surface area contributed by atoms with E-state index in [-0.39, 0.29) is 0 Å². The SMILES string of the molecule is Ic1cncc([C@H]2C[C@H]3CC[C@H]2N3)c1. The summed E-state index contributed by atoms with van der Waals surface area (Å²) in [6, 6.07) is 3.78. The lowest BCUT2D eigenvalue weighted by atomic mass is 9.85. The van der Waals surface area contributed by atoms with Gasteiger partial charge in [-0.2, -0.15) is 0 Å². The van der Waals surface area contributed by atoms with E-state index >= 15 is 0 Å². The van der Waals surface area contributed by atoms with E-state index < -0.39 is 0 Å². The van der Waals surface area contributed by atoms with Gasteiger partial charge in [-0.1, -0.05) is 0 Å². The molecule has 2 aliphatic heterocycles. The van der Waals surface area contributed by atoms with E-state index in [0.29, 0.717) is 0 Å². The summed E-state index contributed by atoms with van der Waals surface area (Å²) in [5.41, 5.74) is 1.43. The summed E-state index contributed by atoms with van der Waals surface area (Å²) >= 11 is 2.34. The van der Waals surface area contributed by atoms with Gasteiger partial charge in [-0.3, -0.25) is 4.98 Å².